The molecular formula is C31H82O22Si16. The molecule has 0 unspecified atom stereocenters. The summed E-state index contributed by atoms with van der Waals surface area (Å²) in [6.45, 7) is 48.5. The van der Waals surface area contributed by atoms with E-state index in [0.717, 1.165) is 6.08 Å². The zero-order chi connectivity index (χ0) is 52.7. The Morgan fingerprint density at radius 3 is 0.725 bits per heavy atom. The normalized spacial score (nSPS) is 35.8. The van der Waals surface area contributed by atoms with Gasteiger partial charge in [-0.3, -0.25) is 0 Å². The van der Waals surface area contributed by atoms with Gasteiger partial charge >= 0.3 is 78.4 Å². The van der Waals surface area contributed by atoms with Crippen LogP contribution >= 0.6 is 0 Å². The third kappa shape index (κ3) is 16.9. The topological polar surface area (TPSA) is 211 Å². The Morgan fingerprint density at radius 1 is 0.377 bits per heavy atom. The van der Waals surface area contributed by atoms with Crippen molar-refractivity contribution in [3.63, 3.8) is 0 Å². The van der Waals surface area contributed by atoms with Gasteiger partial charge in [-0.05, 0) is 162 Å². The van der Waals surface area contributed by atoms with Crippen LogP contribution in [-0.4, -0.2) is 151 Å². The Hall–Kier alpha value is 1.88. The molecule has 0 atom stereocenters. The van der Waals surface area contributed by atoms with Gasteiger partial charge < -0.3 is 87.0 Å². The van der Waals surface area contributed by atoms with Gasteiger partial charge in [0, 0.05) is 6.08 Å². The number of ether oxygens (including phenoxy) is 1. The molecule has 402 valence electrons. The molecular weight excluding hydrogens is 1170 g/mol. The van der Waals surface area contributed by atoms with Crippen LogP contribution in [0.5, 0.6) is 0 Å². The molecule has 0 aromatic heterocycles. The molecule has 0 aromatic rings. The second-order valence-corrected chi connectivity index (χ2v) is 82.4. The smallest absolute Gasteiger partial charge is 0.463 e. The minimum atomic E-state index is -5.25. The quantitative estimate of drug-likeness (QED) is 0.0413. The summed E-state index contributed by atoms with van der Waals surface area (Å²) in [5.41, 5.74) is 0. The van der Waals surface area contributed by atoms with E-state index in [0.29, 0.717) is 24.6 Å². The van der Waals surface area contributed by atoms with Crippen LogP contribution in [0.25, 0.3) is 0 Å². The summed E-state index contributed by atoms with van der Waals surface area (Å²) in [4.78, 5) is 12.2. The lowest BCUT2D eigenvalue weighted by Crippen LogP contribution is -2.93. The molecule has 6 aliphatic rings. The summed E-state index contributed by atoms with van der Waals surface area (Å²) in [6.07, 6.45) is 1.54. The van der Waals surface area contributed by atoms with Gasteiger partial charge in [0.25, 0.3) is 0 Å². The molecule has 0 N–H and O–H groups in total. The standard InChI is InChI=1S/C31H82O22Si16/c1-25-31(32)33-29-28-30-61(26-2,27-3)41-69-51-66(38-58(16,17)18)45-63(35-55(7,8)9)42-62(34-54(4,5)6)43-64(47-66,36-56(10,11)12)49-68(53-69,40-60(22,23)24)50-65(44-62,37-57(13,14)15)48-67(46-63,52-69)39-59(19,20)21/h25H,1,26-30H2,2-24H3. The molecule has 0 spiro atoms. The van der Waals surface area contributed by atoms with Crippen LogP contribution in [0.4, 0.5) is 0 Å². The van der Waals surface area contributed by atoms with Crippen LogP contribution in [0.15, 0.2) is 12.7 Å². The Kier molecular flexibility index (Phi) is 18.1. The van der Waals surface area contributed by atoms with E-state index in [4.69, 9.17) is 87.0 Å². The second-order valence-electron chi connectivity index (χ2n) is 24.2. The fourth-order valence-electron chi connectivity index (χ4n) is 7.15. The van der Waals surface area contributed by atoms with Crippen molar-refractivity contribution in [1.82, 2.24) is 0 Å². The summed E-state index contributed by atoms with van der Waals surface area (Å²) in [6, 6.07) is 1.46. The highest BCUT2D eigenvalue weighted by Crippen LogP contribution is 2.53. The minimum absolute atomic E-state index is 0.0978. The van der Waals surface area contributed by atoms with E-state index in [9.17, 15) is 4.79 Å². The fourth-order valence-corrected chi connectivity index (χ4v) is 74.5. The van der Waals surface area contributed by atoms with Crippen LogP contribution in [0.3, 0.4) is 0 Å². The highest BCUT2D eigenvalue weighted by Gasteiger charge is 2.92. The van der Waals surface area contributed by atoms with Crippen molar-refractivity contribution in [2.24, 2.45) is 0 Å². The fraction of sp³-hybridized carbons (Fsp3) is 0.903. The lowest BCUT2D eigenvalue weighted by Gasteiger charge is -2.61. The third-order valence-corrected chi connectivity index (χ3v) is 63.6. The first kappa shape index (κ1) is 61.7. The molecule has 0 aromatic carbocycles. The highest BCUT2D eigenvalue weighted by molar-refractivity contribution is 7.04. The van der Waals surface area contributed by atoms with E-state index in [1.165, 1.54) is 0 Å². The van der Waals surface area contributed by atoms with E-state index in [-0.39, 0.29) is 6.61 Å². The molecule has 6 heterocycles. The van der Waals surface area contributed by atoms with Gasteiger partial charge in [0.05, 0.1) is 6.61 Å². The maximum absolute atomic E-state index is 12.2. The van der Waals surface area contributed by atoms with Crippen molar-refractivity contribution in [1.29, 1.82) is 0 Å². The van der Waals surface area contributed by atoms with Gasteiger partial charge in [-0.15, -0.1) is 0 Å². The summed E-state index contributed by atoms with van der Waals surface area (Å²) < 4.78 is 153. The van der Waals surface area contributed by atoms with Gasteiger partial charge in [0.15, 0.2) is 66.5 Å². The first-order valence-electron chi connectivity index (χ1n) is 23.5. The number of hydrogen-bond donors (Lipinski definition) is 0. The predicted molar refractivity (Wildman–Crippen MR) is 288 cm³/mol. The SMILES string of the molecule is C=CC(=O)OCCC[Si](CC)(CC)O[Si]12O[Si]3(O[Si](C)(C)C)O[Si]4(O[Si](C)(C)C)O[Si]5(O[Si](C)(C)C)O[Si](O[Si](C)(C)C)(O3)O[Si](O[Si](C)(C)C)(O[Si](O[Si](C)(C)C)(O5)O[Si](O[Si](C)(C)C)(O4)O1)O2. The maximum Gasteiger partial charge on any atom is 0.651 e. The molecule has 0 aliphatic carbocycles. The molecule has 0 amide bonds. The Bertz CT molecular complexity index is 1680. The number of carbonyl (C=O) groups is 1. The van der Waals surface area contributed by atoms with E-state index in [2.05, 4.69) is 6.58 Å². The van der Waals surface area contributed by atoms with Crippen molar-refractivity contribution >= 4 is 145 Å². The molecule has 0 saturated carbocycles. The van der Waals surface area contributed by atoms with Gasteiger partial charge in [0.2, 0.25) is 0 Å². The largest absolute Gasteiger partial charge is 0.651 e. The Labute approximate surface area is 429 Å². The van der Waals surface area contributed by atoms with Gasteiger partial charge in [-0.2, -0.15) is 0 Å². The van der Waals surface area contributed by atoms with E-state index < -0.39 is 145 Å². The molecule has 0 radical (unpaired) electrons. The van der Waals surface area contributed by atoms with Crippen LogP contribution < -0.4 is 0 Å². The number of hydrogen-bond acceptors (Lipinski definition) is 22. The highest BCUT2D eigenvalue weighted by atomic mass is 28.7. The third-order valence-electron chi connectivity index (χ3n) is 8.84. The summed E-state index contributed by atoms with van der Waals surface area (Å²) in [5, 5.41) is 0. The zero-order valence-electron chi connectivity index (χ0n) is 45.3. The predicted octanol–water partition coefficient (Wildman–Crippen LogP) is 7.82. The average molecular weight is 1260 g/mol. The van der Waals surface area contributed by atoms with E-state index in [1.54, 1.807) is 0 Å². The molecule has 6 fully saturated rings. The maximum atomic E-state index is 12.2. The molecule has 6 saturated heterocycles. The summed E-state index contributed by atoms with van der Waals surface area (Å²) >= 11 is 0. The lowest BCUT2D eigenvalue weighted by molar-refractivity contribution is -0.138. The Morgan fingerprint density at radius 2 is 0.565 bits per heavy atom. The molecule has 6 rings (SSSR count). The first-order valence-corrected chi connectivity index (χ1v) is 63.0. The van der Waals surface area contributed by atoms with Gasteiger partial charge in [0.1, 0.15) is 0 Å². The zero-order valence-corrected chi connectivity index (χ0v) is 61.3. The molecule has 69 heavy (non-hydrogen) atoms. The van der Waals surface area contributed by atoms with Crippen molar-refractivity contribution in [3.05, 3.63) is 12.7 Å². The van der Waals surface area contributed by atoms with Crippen LogP contribution in [0.2, 0.25) is 156 Å². The van der Waals surface area contributed by atoms with Crippen molar-refractivity contribution in [2.75, 3.05) is 6.61 Å². The molecule has 6 aliphatic heterocycles. The Balaban J connectivity index is 2.05. The number of esters is 1. The number of carbonyl (C=O) groups excluding carboxylic acids is 1. The van der Waals surface area contributed by atoms with E-state index in [1.807, 2.05) is 151 Å². The average Bonchev–Trinajstić information content (AvgIpc) is 3.00. The van der Waals surface area contributed by atoms with Crippen LogP contribution in [0, 0.1) is 0 Å². The second kappa shape index (κ2) is 20.3. The molecule has 22 nitrogen and oxygen atoms in total. The van der Waals surface area contributed by atoms with Crippen LogP contribution in [-0.2, 0) is 91.8 Å². The van der Waals surface area contributed by atoms with Crippen molar-refractivity contribution in [3.8, 4) is 0 Å². The van der Waals surface area contributed by atoms with Gasteiger partial charge in [-0.1, -0.05) is 20.4 Å². The van der Waals surface area contributed by atoms with E-state index >= 15 is 0 Å². The summed E-state index contributed by atoms with van der Waals surface area (Å²) in [5.74, 6) is -0.538. The van der Waals surface area contributed by atoms with Crippen molar-refractivity contribution in [2.45, 2.75) is 176 Å². The first-order chi connectivity index (χ1) is 30.7. The minimum Gasteiger partial charge on any atom is -0.463 e. The molecule has 8 bridgehead atoms. The summed E-state index contributed by atoms with van der Waals surface area (Å²) in [7, 11) is -64.8. The van der Waals surface area contributed by atoms with Gasteiger partial charge in [-0.25, -0.2) is 4.79 Å². The lowest BCUT2D eigenvalue weighted by atomic mass is 10.5. The van der Waals surface area contributed by atoms with Crippen LogP contribution in [0.1, 0.15) is 20.3 Å². The molecule has 38 heteroatoms. The monoisotopic (exact) mass is 1250 g/mol. The van der Waals surface area contributed by atoms with Crippen molar-refractivity contribution < 1.29 is 91.8 Å². The number of rotatable bonds is 23.